The second-order valence-corrected chi connectivity index (χ2v) is 7.94. The van der Waals surface area contributed by atoms with Gasteiger partial charge in [0.2, 0.25) is 5.91 Å². The number of likely N-dealkylation sites (tertiary alicyclic amines) is 2. The van der Waals surface area contributed by atoms with Gasteiger partial charge in [-0.05, 0) is 63.6 Å². The molecule has 6 heteroatoms. The Morgan fingerprint density at radius 3 is 2.36 bits per heavy atom. The van der Waals surface area contributed by atoms with Crippen molar-refractivity contribution in [1.82, 2.24) is 15.1 Å². The molecule has 0 radical (unpaired) electrons. The molecule has 2 amide bonds. The molecule has 1 aromatic carbocycles. The fraction of sp³-hybridized carbons (Fsp3) is 0.636. The lowest BCUT2D eigenvalue weighted by Crippen LogP contribution is -2.49. The third-order valence-electron chi connectivity index (χ3n) is 5.83. The average Bonchev–Trinajstić information content (AvgIpc) is 2.71. The highest BCUT2D eigenvalue weighted by Crippen LogP contribution is 2.21. The van der Waals surface area contributed by atoms with Crippen LogP contribution in [0.4, 0.5) is 4.79 Å². The van der Waals surface area contributed by atoms with E-state index < -0.39 is 0 Å². The molecule has 0 bridgehead atoms. The molecule has 6 nitrogen and oxygen atoms in total. The van der Waals surface area contributed by atoms with Crippen LogP contribution in [0.2, 0.25) is 0 Å². The van der Waals surface area contributed by atoms with E-state index in [9.17, 15) is 9.59 Å². The number of piperidine rings is 2. The summed E-state index contributed by atoms with van der Waals surface area (Å²) in [7, 11) is 0. The minimum absolute atomic E-state index is 0.107. The fourth-order valence-electron chi connectivity index (χ4n) is 4.19. The van der Waals surface area contributed by atoms with Gasteiger partial charge in [0.25, 0.3) is 0 Å². The molecule has 28 heavy (non-hydrogen) atoms. The van der Waals surface area contributed by atoms with Crippen LogP contribution in [0.15, 0.2) is 30.3 Å². The molecule has 2 aliphatic rings. The zero-order chi connectivity index (χ0) is 19.8. The van der Waals surface area contributed by atoms with Gasteiger partial charge >= 0.3 is 6.09 Å². The van der Waals surface area contributed by atoms with Crippen molar-refractivity contribution in [3.05, 3.63) is 35.9 Å². The molecule has 1 N–H and O–H groups in total. The van der Waals surface area contributed by atoms with Gasteiger partial charge in [-0.2, -0.15) is 0 Å². The Morgan fingerprint density at radius 1 is 1.04 bits per heavy atom. The van der Waals surface area contributed by atoms with E-state index in [1.165, 1.54) is 5.56 Å². The van der Waals surface area contributed by atoms with Crippen LogP contribution in [0.3, 0.4) is 0 Å². The molecule has 0 atom stereocenters. The molecule has 1 aromatic rings. The van der Waals surface area contributed by atoms with Crippen LogP contribution in [-0.4, -0.2) is 67.2 Å². The lowest BCUT2D eigenvalue weighted by molar-refractivity contribution is -0.123. The van der Waals surface area contributed by atoms with Crippen LogP contribution in [-0.2, 0) is 16.0 Å². The van der Waals surface area contributed by atoms with Gasteiger partial charge in [-0.3, -0.25) is 9.69 Å². The highest BCUT2D eigenvalue weighted by molar-refractivity contribution is 5.78. The zero-order valence-corrected chi connectivity index (χ0v) is 16.9. The summed E-state index contributed by atoms with van der Waals surface area (Å²) in [5.74, 6) is 0.824. The molecular weight excluding hydrogens is 354 g/mol. The summed E-state index contributed by atoms with van der Waals surface area (Å²) in [6.07, 6.45) is 4.79. The van der Waals surface area contributed by atoms with Crippen molar-refractivity contribution >= 4 is 12.0 Å². The number of ether oxygens (including phenoxy) is 1. The van der Waals surface area contributed by atoms with E-state index in [0.717, 1.165) is 45.2 Å². The molecular formula is C22H33N3O3. The van der Waals surface area contributed by atoms with Gasteiger partial charge in [0, 0.05) is 19.1 Å². The molecule has 0 spiro atoms. The number of benzene rings is 1. The first-order chi connectivity index (χ1) is 13.6. The molecule has 3 rings (SSSR count). The number of carbonyl (C=O) groups is 2. The molecule has 0 aromatic heterocycles. The maximum atomic E-state index is 12.4. The topological polar surface area (TPSA) is 61.9 Å². The number of nitrogens with zero attached hydrogens (tertiary/aromatic N) is 2. The van der Waals surface area contributed by atoms with Gasteiger partial charge in [-0.25, -0.2) is 4.79 Å². The Kier molecular flexibility index (Phi) is 7.71. The van der Waals surface area contributed by atoms with Gasteiger partial charge in [-0.1, -0.05) is 30.3 Å². The minimum Gasteiger partial charge on any atom is -0.450 e. The SMILES string of the molecule is CCOC(=O)N1CCC(NC(=O)CN2CCC(Cc3ccccc3)CC2)CC1. The third-order valence-corrected chi connectivity index (χ3v) is 5.83. The summed E-state index contributed by atoms with van der Waals surface area (Å²) in [6.45, 7) is 5.98. The number of amides is 2. The van der Waals surface area contributed by atoms with E-state index in [4.69, 9.17) is 4.74 Å². The van der Waals surface area contributed by atoms with Gasteiger partial charge in [-0.15, -0.1) is 0 Å². The smallest absolute Gasteiger partial charge is 0.409 e. The van der Waals surface area contributed by atoms with Crippen molar-refractivity contribution in [2.24, 2.45) is 5.92 Å². The van der Waals surface area contributed by atoms with E-state index in [2.05, 4.69) is 40.5 Å². The second-order valence-electron chi connectivity index (χ2n) is 7.94. The Labute approximate surface area is 168 Å². The van der Waals surface area contributed by atoms with Crippen LogP contribution < -0.4 is 5.32 Å². The number of hydrogen-bond donors (Lipinski definition) is 1. The Bertz CT molecular complexity index is 621. The van der Waals surface area contributed by atoms with Crippen molar-refractivity contribution in [3.63, 3.8) is 0 Å². The summed E-state index contributed by atoms with van der Waals surface area (Å²) < 4.78 is 5.04. The predicted octanol–water partition coefficient (Wildman–Crippen LogP) is 2.68. The zero-order valence-electron chi connectivity index (χ0n) is 16.9. The maximum absolute atomic E-state index is 12.4. The van der Waals surface area contributed by atoms with Crippen LogP contribution >= 0.6 is 0 Å². The quantitative estimate of drug-likeness (QED) is 0.815. The molecule has 0 saturated carbocycles. The van der Waals surface area contributed by atoms with E-state index in [1.54, 1.807) is 4.90 Å². The largest absolute Gasteiger partial charge is 0.450 e. The van der Waals surface area contributed by atoms with Crippen molar-refractivity contribution in [2.45, 2.75) is 45.1 Å². The first-order valence-corrected chi connectivity index (χ1v) is 10.6. The second kappa shape index (κ2) is 10.5. The van der Waals surface area contributed by atoms with Crippen molar-refractivity contribution in [3.8, 4) is 0 Å². The van der Waals surface area contributed by atoms with Crippen LogP contribution in [0.1, 0.15) is 38.2 Å². The predicted molar refractivity (Wildman–Crippen MR) is 109 cm³/mol. The molecule has 154 valence electrons. The highest BCUT2D eigenvalue weighted by atomic mass is 16.6. The molecule has 2 aliphatic heterocycles. The maximum Gasteiger partial charge on any atom is 0.409 e. The summed E-state index contributed by atoms with van der Waals surface area (Å²) in [5.41, 5.74) is 1.41. The summed E-state index contributed by atoms with van der Waals surface area (Å²) in [4.78, 5) is 28.1. The number of nitrogens with one attached hydrogen (secondary N) is 1. The first kappa shape index (κ1) is 20.6. The van der Waals surface area contributed by atoms with Crippen molar-refractivity contribution in [1.29, 1.82) is 0 Å². The van der Waals surface area contributed by atoms with Crippen LogP contribution in [0.25, 0.3) is 0 Å². The molecule has 2 saturated heterocycles. The highest BCUT2D eigenvalue weighted by Gasteiger charge is 2.26. The Hall–Kier alpha value is -2.08. The minimum atomic E-state index is -0.245. The molecule has 0 unspecified atom stereocenters. The lowest BCUT2D eigenvalue weighted by Gasteiger charge is -2.34. The molecule has 0 aliphatic carbocycles. The fourth-order valence-corrected chi connectivity index (χ4v) is 4.19. The first-order valence-electron chi connectivity index (χ1n) is 10.6. The van der Waals surface area contributed by atoms with Gasteiger partial charge in [0.15, 0.2) is 0 Å². The normalized spacial score (nSPS) is 19.4. The van der Waals surface area contributed by atoms with Crippen molar-refractivity contribution < 1.29 is 14.3 Å². The number of hydrogen-bond acceptors (Lipinski definition) is 4. The molecule has 2 heterocycles. The number of carbonyl (C=O) groups excluding carboxylic acids is 2. The van der Waals surface area contributed by atoms with E-state index >= 15 is 0 Å². The van der Waals surface area contributed by atoms with Gasteiger partial charge in [0.1, 0.15) is 0 Å². The van der Waals surface area contributed by atoms with E-state index in [-0.39, 0.29) is 18.0 Å². The van der Waals surface area contributed by atoms with Crippen molar-refractivity contribution in [2.75, 3.05) is 39.3 Å². The van der Waals surface area contributed by atoms with Crippen LogP contribution in [0.5, 0.6) is 0 Å². The van der Waals surface area contributed by atoms with E-state index in [1.807, 2.05) is 6.92 Å². The lowest BCUT2D eigenvalue weighted by atomic mass is 9.90. The average molecular weight is 388 g/mol. The summed E-state index contributed by atoms with van der Waals surface area (Å²) >= 11 is 0. The summed E-state index contributed by atoms with van der Waals surface area (Å²) in [5, 5.41) is 3.15. The summed E-state index contributed by atoms with van der Waals surface area (Å²) in [6, 6.07) is 10.8. The molecule has 2 fully saturated rings. The van der Waals surface area contributed by atoms with E-state index in [0.29, 0.717) is 32.2 Å². The Morgan fingerprint density at radius 2 is 1.71 bits per heavy atom. The standard InChI is InChI=1S/C22H33N3O3/c1-2-28-22(27)25-14-10-20(11-15-25)23-21(26)17-24-12-8-19(9-13-24)16-18-6-4-3-5-7-18/h3-7,19-20H,2,8-17H2,1H3,(H,23,26). The van der Waals surface area contributed by atoms with Gasteiger partial charge < -0.3 is 15.0 Å². The van der Waals surface area contributed by atoms with Gasteiger partial charge in [0.05, 0.1) is 13.2 Å². The third kappa shape index (κ3) is 6.23. The monoisotopic (exact) mass is 387 g/mol. The Balaban J connectivity index is 1.32. The van der Waals surface area contributed by atoms with Crippen LogP contribution in [0, 0.1) is 5.92 Å². The number of rotatable bonds is 6.